The molecule has 2 heteroatoms. The van der Waals surface area contributed by atoms with E-state index in [9.17, 15) is 0 Å². The maximum absolute atomic E-state index is 3.37. The Balaban J connectivity index is 3.18. The Hall–Kier alpha value is 0.390. The van der Waals surface area contributed by atoms with Gasteiger partial charge in [-0.25, -0.2) is 0 Å². The predicted molar refractivity (Wildman–Crippen MR) is 46.3 cm³/mol. The minimum atomic E-state index is 0.191. The van der Waals surface area contributed by atoms with Crippen molar-refractivity contribution in [2.24, 2.45) is 0 Å². The summed E-state index contributed by atoms with van der Waals surface area (Å²) in [6.07, 6.45) is 5.43. The molecule has 0 aromatic carbocycles. The van der Waals surface area contributed by atoms with Gasteiger partial charge in [-0.3, -0.25) is 5.09 Å². The first kappa shape index (κ1) is 9.39. The van der Waals surface area contributed by atoms with Crippen molar-refractivity contribution in [1.82, 2.24) is 5.09 Å². The van der Waals surface area contributed by atoms with Gasteiger partial charge in [0, 0.05) is 0 Å². The highest BCUT2D eigenvalue weighted by molar-refractivity contribution is 7.55. The van der Waals surface area contributed by atoms with Crippen molar-refractivity contribution >= 4 is 8.07 Å². The molecule has 0 amide bonds. The Morgan fingerprint density at radius 1 is 1.11 bits per heavy atom. The maximum atomic E-state index is 3.37. The first-order valence-corrected chi connectivity index (χ1v) is 5.48. The van der Waals surface area contributed by atoms with E-state index in [1.54, 1.807) is 0 Å². The average Bonchev–Trinajstić information content (AvgIpc) is 1.88. The fraction of sp³-hybridized carbons (Fsp3) is 1.00. The first-order valence-electron chi connectivity index (χ1n) is 3.77. The number of nitrogens with one attached hydrogen (secondary N) is 1. The van der Waals surface area contributed by atoms with Crippen LogP contribution in [0.5, 0.6) is 0 Å². The van der Waals surface area contributed by atoms with Crippen molar-refractivity contribution in [3.05, 3.63) is 0 Å². The van der Waals surface area contributed by atoms with Gasteiger partial charge >= 0.3 is 0 Å². The molecule has 1 nitrogen and oxygen atoms in total. The molecule has 0 atom stereocenters. The molecule has 0 aliphatic heterocycles. The lowest BCUT2D eigenvalue weighted by molar-refractivity contribution is 1.03. The van der Waals surface area contributed by atoms with Crippen molar-refractivity contribution < 1.29 is 0 Å². The molecule has 0 saturated carbocycles. The molecule has 0 radical (unpaired) electrons. The summed E-state index contributed by atoms with van der Waals surface area (Å²) < 4.78 is 0. The zero-order valence-electron chi connectivity index (χ0n) is 6.78. The van der Waals surface area contributed by atoms with Gasteiger partial charge in [0.15, 0.2) is 0 Å². The second kappa shape index (κ2) is 6.51. The van der Waals surface area contributed by atoms with Crippen LogP contribution in [0, 0.1) is 0 Å². The summed E-state index contributed by atoms with van der Waals surface area (Å²) in [5.74, 6) is 0. The monoisotopic (exact) mass is 147 g/mol. The smallest absolute Gasteiger partial charge is 0.0125 e. The Morgan fingerprint density at radius 2 is 1.56 bits per heavy atom. The van der Waals surface area contributed by atoms with Crippen LogP contribution in [0.1, 0.15) is 26.7 Å². The van der Waals surface area contributed by atoms with Crippen molar-refractivity contribution in [2.75, 3.05) is 19.4 Å². The quantitative estimate of drug-likeness (QED) is 0.589. The lowest BCUT2D eigenvalue weighted by Crippen LogP contribution is -2.03. The van der Waals surface area contributed by atoms with Gasteiger partial charge in [0.1, 0.15) is 0 Å². The topological polar surface area (TPSA) is 12.0 Å². The molecule has 1 N–H and O–H groups in total. The maximum Gasteiger partial charge on any atom is -0.0125 e. The van der Waals surface area contributed by atoms with E-state index < -0.39 is 0 Å². The van der Waals surface area contributed by atoms with Gasteiger partial charge < -0.3 is 0 Å². The number of rotatable bonds is 5. The molecule has 56 valence electrons. The molecule has 0 aliphatic rings. The Morgan fingerprint density at radius 3 is 1.78 bits per heavy atom. The highest BCUT2D eigenvalue weighted by atomic mass is 31.1. The minimum Gasteiger partial charge on any atom is -0.299 e. The lowest BCUT2D eigenvalue weighted by atomic mass is 10.6. The predicted octanol–water partition coefficient (Wildman–Crippen LogP) is 2.42. The zero-order valence-corrected chi connectivity index (χ0v) is 7.67. The van der Waals surface area contributed by atoms with E-state index >= 15 is 0 Å². The molecule has 0 spiro atoms. The lowest BCUT2D eigenvalue weighted by Gasteiger charge is -2.13. The fourth-order valence-electron chi connectivity index (χ4n) is 0.875. The Kier molecular flexibility index (Phi) is 6.79. The molecule has 0 bridgehead atoms. The standard InChI is InChI=1S/C7H18NP/c1-4-6-9(8-3)7-5-2/h8H,4-7H2,1-3H3. The molecule has 0 aromatic rings. The van der Waals surface area contributed by atoms with Crippen molar-refractivity contribution in [3.63, 3.8) is 0 Å². The fourth-order valence-corrected chi connectivity index (χ4v) is 2.63. The van der Waals surface area contributed by atoms with Gasteiger partial charge in [-0.15, -0.1) is 0 Å². The highest BCUT2D eigenvalue weighted by Crippen LogP contribution is 2.30. The van der Waals surface area contributed by atoms with E-state index in [0.29, 0.717) is 0 Å². The van der Waals surface area contributed by atoms with Crippen LogP contribution >= 0.6 is 8.07 Å². The van der Waals surface area contributed by atoms with Gasteiger partial charge in [0.25, 0.3) is 0 Å². The van der Waals surface area contributed by atoms with Crippen LogP contribution in [0.25, 0.3) is 0 Å². The van der Waals surface area contributed by atoms with E-state index in [1.165, 1.54) is 25.2 Å². The van der Waals surface area contributed by atoms with E-state index in [0.717, 1.165) is 0 Å². The second-order valence-corrected chi connectivity index (χ2v) is 4.63. The van der Waals surface area contributed by atoms with Crippen LogP contribution in [0.4, 0.5) is 0 Å². The van der Waals surface area contributed by atoms with Crippen LogP contribution in [0.15, 0.2) is 0 Å². The average molecular weight is 147 g/mol. The van der Waals surface area contributed by atoms with Crippen LogP contribution in [-0.2, 0) is 0 Å². The highest BCUT2D eigenvalue weighted by Gasteiger charge is 1.99. The first-order chi connectivity index (χ1) is 4.35. The molecular formula is C7H18NP. The summed E-state index contributed by atoms with van der Waals surface area (Å²) in [5.41, 5.74) is 0. The normalized spacial score (nSPS) is 10.7. The van der Waals surface area contributed by atoms with Gasteiger partial charge in [-0.2, -0.15) is 0 Å². The minimum absolute atomic E-state index is 0.191. The molecule has 0 unspecified atom stereocenters. The van der Waals surface area contributed by atoms with Crippen LogP contribution in [-0.4, -0.2) is 19.4 Å². The van der Waals surface area contributed by atoms with Crippen LogP contribution < -0.4 is 5.09 Å². The largest absolute Gasteiger partial charge is 0.299 e. The number of hydrogen-bond acceptors (Lipinski definition) is 1. The summed E-state index contributed by atoms with van der Waals surface area (Å²) in [5, 5.41) is 3.37. The Bertz CT molecular complexity index is 50.9. The molecule has 0 aromatic heterocycles. The van der Waals surface area contributed by atoms with E-state index in [1.807, 2.05) is 0 Å². The van der Waals surface area contributed by atoms with Gasteiger partial charge in [0.05, 0.1) is 0 Å². The summed E-state index contributed by atoms with van der Waals surface area (Å²) >= 11 is 0. The third-order valence-corrected chi connectivity index (χ3v) is 3.91. The van der Waals surface area contributed by atoms with Gasteiger partial charge in [0.2, 0.25) is 0 Å². The number of hydrogen-bond donors (Lipinski definition) is 1. The molecule has 0 fully saturated rings. The second-order valence-electron chi connectivity index (χ2n) is 2.21. The molecule has 0 heterocycles. The SMILES string of the molecule is CCCP(CCC)NC. The summed E-state index contributed by atoms with van der Waals surface area (Å²) in [6, 6.07) is 0. The van der Waals surface area contributed by atoms with E-state index in [-0.39, 0.29) is 8.07 Å². The summed E-state index contributed by atoms with van der Waals surface area (Å²) in [4.78, 5) is 0. The Labute approximate surface area is 60.0 Å². The summed E-state index contributed by atoms with van der Waals surface area (Å²) in [6.45, 7) is 4.50. The van der Waals surface area contributed by atoms with Gasteiger partial charge in [-0.05, 0) is 27.4 Å². The van der Waals surface area contributed by atoms with Crippen molar-refractivity contribution in [3.8, 4) is 0 Å². The molecule has 0 aliphatic carbocycles. The summed E-state index contributed by atoms with van der Waals surface area (Å²) in [7, 11) is 2.27. The third-order valence-electron chi connectivity index (χ3n) is 1.30. The zero-order chi connectivity index (χ0) is 7.11. The van der Waals surface area contributed by atoms with E-state index in [2.05, 4.69) is 26.0 Å². The molecule has 0 rings (SSSR count). The van der Waals surface area contributed by atoms with Crippen molar-refractivity contribution in [2.45, 2.75) is 26.7 Å². The third kappa shape index (κ3) is 4.87. The van der Waals surface area contributed by atoms with E-state index in [4.69, 9.17) is 0 Å². The molecule has 9 heavy (non-hydrogen) atoms. The van der Waals surface area contributed by atoms with Crippen LogP contribution in [0.3, 0.4) is 0 Å². The van der Waals surface area contributed by atoms with Crippen LogP contribution in [0.2, 0.25) is 0 Å². The molecular weight excluding hydrogens is 129 g/mol. The van der Waals surface area contributed by atoms with Gasteiger partial charge in [-0.1, -0.05) is 26.7 Å². The van der Waals surface area contributed by atoms with Crippen molar-refractivity contribution in [1.29, 1.82) is 0 Å². The molecule has 0 saturated heterocycles.